The number of benzene rings is 1. The minimum absolute atomic E-state index is 0.607. The Kier molecular flexibility index (Phi) is 5.16. The molecular formula is C17H26N2O2S. The second kappa shape index (κ2) is 7.11. The highest BCUT2D eigenvalue weighted by Crippen LogP contribution is 2.25. The molecule has 0 unspecified atom stereocenters. The Bertz CT molecular complexity index is 560. The van der Waals surface area contributed by atoms with E-state index in [0.717, 1.165) is 38.5 Å². The summed E-state index contributed by atoms with van der Waals surface area (Å²) in [6.45, 7) is 2.76. The Balaban J connectivity index is 1.54. The van der Waals surface area contributed by atoms with E-state index >= 15 is 0 Å². The van der Waals surface area contributed by atoms with Crippen LogP contribution in [0.1, 0.15) is 37.7 Å². The summed E-state index contributed by atoms with van der Waals surface area (Å²) >= 11 is 0. The standard InChI is InChI=1S/C17H26N2O2S/c20-22(21,18-11-5-2-6-12-18)19-13-9-17(10-14-19)15-16-7-3-1-4-8-16/h1,3-4,7-8,17H,2,5-6,9-15H2. The highest BCUT2D eigenvalue weighted by atomic mass is 32.2. The molecule has 0 amide bonds. The fraction of sp³-hybridized carbons (Fsp3) is 0.647. The molecule has 0 N–H and O–H groups in total. The second-order valence-corrected chi connectivity index (χ2v) is 8.43. The molecular weight excluding hydrogens is 296 g/mol. The lowest BCUT2D eigenvalue weighted by Gasteiger charge is -2.36. The fourth-order valence-corrected chi connectivity index (χ4v) is 5.27. The van der Waals surface area contributed by atoms with Crippen molar-refractivity contribution in [2.45, 2.75) is 38.5 Å². The first-order valence-electron chi connectivity index (χ1n) is 8.45. The third kappa shape index (κ3) is 3.70. The van der Waals surface area contributed by atoms with Crippen molar-refractivity contribution in [2.75, 3.05) is 26.2 Å². The predicted octanol–water partition coefficient (Wildman–Crippen LogP) is 2.67. The monoisotopic (exact) mass is 322 g/mol. The quantitative estimate of drug-likeness (QED) is 0.855. The lowest BCUT2D eigenvalue weighted by atomic mass is 9.91. The molecule has 0 radical (unpaired) electrons. The minimum Gasteiger partial charge on any atom is -0.195 e. The van der Waals surface area contributed by atoms with Gasteiger partial charge in [0.1, 0.15) is 0 Å². The van der Waals surface area contributed by atoms with Crippen LogP contribution < -0.4 is 0 Å². The molecule has 0 bridgehead atoms. The van der Waals surface area contributed by atoms with Crippen LogP contribution in [-0.4, -0.2) is 43.2 Å². The predicted molar refractivity (Wildman–Crippen MR) is 88.8 cm³/mol. The van der Waals surface area contributed by atoms with E-state index in [0.29, 0.717) is 32.1 Å². The zero-order valence-corrected chi connectivity index (χ0v) is 14.0. The van der Waals surface area contributed by atoms with Crippen molar-refractivity contribution >= 4 is 10.2 Å². The Morgan fingerprint density at radius 1 is 0.864 bits per heavy atom. The van der Waals surface area contributed by atoms with E-state index in [1.54, 1.807) is 8.61 Å². The molecule has 4 nitrogen and oxygen atoms in total. The summed E-state index contributed by atoms with van der Waals surface area (Å²) in [4.78, 5) is 0. The van der Waals surface area contributed by atoms with Gasteiger partial charge in [-0.1, -0.05) is 36.8 Å². The van der Waals surface area contributed by atoms with Crippen molar-refractivity contribution in [3.63, 3.8) is 0 Å². The molecule has 2 aliphatic heterocycles. The summed E-state index contributed by atoms with van der Waals surface area (Å²) in [5.74, 6) is 0.607. The molecule has 0 spiro atoms. The van der Waals surface area contributed by atoms with E-state index < -0.39 is 10.2 Å². The number of hydrogen-bond acceptors (Lipinski definition) is 2. The van der Waals surface area contributed by atoms with E-state index in [1.165, 1.54) is 5.56 Å². The Hall–Kier alpha value is -0.910. The van der Waals surface area contributed by atoms with E-state index in [2.05, 4.69) is 24.3 Å². The average Bonchev–Trinajstić information content (AvgIpc) is 2.57. The molecule has 1 aromatic carbocycles. The number of nitrogens with zero attached hydrogens (tertiary/aromatic N) is 2. The third-order valence-electron chi connectivity index (χ3n) is 4.91. The summed E-state index contributed by atoms with van der Waals surface area (Å²) in [5.41, 5.74) is 1.36. The van der Waals surface area contributed by atoms with E-state index in [1.807, 2.05) is 6.07 Å². The summed E-state index contributed by atoms with van der Waals surface area (Å²) < 4.78 is 28.7. The van der Waals surface area contributed by atoms with Gasteiger partial charge in [-0.2, -0.15) is 17.0 Å². The molecule has 2 fully saturated rings. The average molecular weight is 322 g/mol. The summed E-state index contributed by atoms with van der Waals surface area (Å²) in [6, 6.07) is 10.5. The molecule has 0 atom stereocenters. The summed E-state index contributed by atoms with van der Waals surface area (Å²) in [7, 11) is -3.21. The molecule has 0 aliphatic carbocycles. The first-order valence-corrected chi connectivity index (χ1v) is 9.85. The number of rotatable bonds is 4. The lowest BCUT2D eigenvalue weighted by Crippen LogP contribution is -2.48. The second-order valence-electron chi connectivity index (χ2n) is 6.50. The molecule has 1 aromatic rings. The highest BCUT2D eigenvalue weighted by molar-refractivity contribution is 7.86. The topological polar surface area (TPSA) is 40.6 Å². The van der Waals surface area contributed by atoms with Gasteiger partial charge in [0.25, 0.3) is 10.2 Å². The molecule has 5 heteroatoms. The van der Waals surface area contributed by atoms with Gasteiger partial charge in [0.15, 0.2) is 0 Å². The molecule has 22 heavy (non-hydrogen) atoms. The largest absolute Gasteiger partial charge is 0.281 e. The molecule has 0 aromatic heterocycles. The Morgan fingerprint density at radius 3 is 2.09 bits per heavy atom. The third-order valence-corrected chi connectivity index (χ3v) is 6.94. The van der Waals surface area contributed by atoms with Gasteiger partial charge in [-0.3, -0.25) is 0 Å². The minimum atomic E-state index is -3.21. The van der Waals surface area contributed by atoms with Crippen molar-refractivity contribution < 1.29 is 8.42 Å². The van der Waals surface area contributed by atoms with Crippen LogP contribution in [0.3, 0.4) is 0 Å². The van der Waals surface area contributed by atoms with Gasteiger partial charge in [-0.25, -0.2) is 0 Å². The SMILES string of the molecule is O=S(=O)(N1CCCCC1)N1CCC(Cc2ccccc2)CC1. The molecule has 122 valence electrons. The smallest absolute Gasteiger partial charge is 0.195 e. The maximum atomic E-state index is 12.7. The lowest BCUT2D eigenvalue weighted by molar-refractivity contribution is 0.244. The first kappa shape index (κ1) is 16.0. The van der Waals surface area contributed by atoms with Crippen LogP contribution in [-0.2, 0) is 16.6 Å². The Labute approximate surface area is 134 Å². The maximum Gasteiger partial charge on any atom is 0.281 e. The van der Waals surface area contributed by atoms with Gasteiger partial charge in [-0.15, -0.1) is 0 Å². The van der Waals surface area contributed by atoms with Crippen molar-refractivity contribution in [1.82, 2.24) is 8.61 Å². The number of piperidine rings is 2. The van der Waals surface area contributed by atoms with Gasteiger partial charge in [0.2, 0.25) is 0 Å². The molecule has 2 heterocycles. The van der Waals surface area contributed by atoms with Crippen LogP contribution in [0.4, 0.5) is 0 Å². The van der Waals surface area contributed by atoms with Gasteiger partial charge >= 0.3 is 0 Å². The molecule has 2 saturated heterocycles. The normalized spacial score (nSPS) is 22.7. The summed E-state index contributed by atoms with van der Waals surface area (Å²) in [6.07, 6.45) is 6.18. The Morgan fingerprint density at radius 2 is 1.45 bits per heavy atom. The van der Waals surface area contributed by atoms with E-state index in [9.17, 15) is 8.42 Å². The van der Waals surface area contributed by atoms with Crippen LogP contribution in [0.5, 0.6) is 0 Å². The zero-order valence-electron chi connectivity index (χ0n) is 13.2. The van der Waals surface area contributed by atoms with Gasteiger partial charge in [-0.05, 0) is 43.6 Å². The van der Waals surface area contributed by atoms with E-state index in [4.69, 9.17) is 0 Å². The van der Waals surface area contributed by atoms with Crippen molar-refractivity contribution in [1.29, 1.82) is 0 Å². The molecule has 2 aliphatic rings. The summed E-state index contributed by atoms with van der Waals surface area (Å²) in [5, 5.41) is 0. The molecule has 3 rings (SSSR count). The number of hydrogen-bond donors (Lipinski definition) is 0. The molecule has 0 saturated carbocycles. The fourth-order valence-electron chi connectivity index (χ4n) is 3.55. The van der Waals surface area contributed by atoms with Crippen LogP contribution in [0.2, 0.25) is 0 Å². The maximum absolute atomic E-state index is 12.7. The van der Waals surface area contributed by atoms with E-state index in [-0.39, 0.29) is 0 Å². The van der Waals surface area contributed by atoms with Crippen molar-refractivity contribution in [3.8, 4) is 0 Å². The van der Waals surface area contributed by atoms with Crippen molar-refractivity contribution in [2.24, 2.45) is 5.92 Å². The van der Waals surface area contributed by atoms with Crippen LogP contribution >= 0.6 is 0 Å². The zero-order chi connectivity index (χ0) is 15.4. The van der Waals surface area contributed by atoms with Gasteiger partial charge in [0, 0.05) is 26.2 Å². The van der Waals surface area contributed by atoms with Crippen LogP contribution in [0.15, 0.2) is 30.3 Å². The van der Waals surface area contributed by atoms with Crippen molar-refractivity contribution in [3.05, 3.63) is 35.9 Å². The first-order chi connectivity index (χ1) is 10.7. The van der Waals surface area contributed by atoms with Gasteiger partial charge in [0.05, 0.1) is 0 Å². The van der Waals surface area contributed by atoms with Gasteiger partial charge < -0.3 is 0 Å². The highest BCUT2D eigenvalue weighted by Gasteiger charge is 2.33. The van der Waals surface area contributed by atoms with Crippen LogP contribution in [0, 0.1) is 5.92 Å². The van der Waals surface area contributed by atoms with Crippen LogP contribution in [0.25, 0.3) is 0 Å².